The summed E-state index contributed by atoms with van der Waals surface area (Å²) < 4.78 is 11.1. The highest BCUT2D eigenvalue weighted by Gasteiger charge is 2.44. The Morgan fingerprint density at radius 3 is 2.79 bits per heavy atom. The summed E-state index contributed by atoms with van der Waals surface area (Å²) in [7, 11) is 0. The molecular formula is C14H26N2O3. The van der Waals surface area contributed by atoms with Crippen LogP contribution in [-0.4, -0.2) is 48.9 Å². The lowest BCUT2D eigenvalue weighted by atomic mass is 9.80. The van der Waals surface area contributed by atoms with E-state index in [2.05, 4.69) is 0 Å². The number of nitrogens with zero attached hydrogens (tertiary/aromatic N) is 1. The predicted molar refractivity (Wildman–Crippen MR) is 72.8 cm³/mol. The van der Waals surface area contributed by atoms with E-state index in [4.69, 9.17) is 15.2 Å². The summed E-state index contributed by atoms with van der Waals surface area (Å²) in [6.45, 7) is 8.53. The van der Waals surface area contributed by atoms with Crippen LogP contribution in [0, 0.1) is 11.8 Å². The minimum atomic E-state index is -0.444. The molecule has 5 nitrogen and oxygen atoms in total. The molecule has 19 heavy (non-hydrogen) atoms. The normalized spacial score (nSPS) is 31.2. The number of carbonyl (C=O) groups is 1. The molecule has 0 radical (unpaired) electrons. The standard InChI is InChI=1S/C14H26N2O3/c1-14(2,3)19-13(17)16-7-5-10(4-6-15)11-8-18-9-12(11)16/h10-12H,4-9,15H2,1-3H3. The zero-order valence-electron chi connectivity index (χ0n) is 12.2. The second-order valence-corrected chi connectivity index (χ2v) is 6.57. The number of hydrogen-bond acceptors (Lipinski definition) is 4. The van der Waals surface area contributed by atoms with Gasteiger partial charge in [-0.1, -0.05) is 0 Å². The maximum absolute atomic E-state index is 12.2. The summed E-state index contributed by atoms with van der Waals surface area (Å²) in [5.41, 5.74) is 5.23. The van der Waals surface area contributed by atoms with Gasteiger partial charge in [-0.25, -0.2) is 4.79 Å². The molecule has 2 rings (SSSR count). The number of amides is 1. The zero-order valence-corrected chi connectivity index (χ0v) is 12.2. The van der Waals surface area contributed by atoms with Gasteiger partial charge in [-0.2, -0.15) is 0 Å². The summed E-state index contributed by atoms with van der Waals surface area (Å²) in [5.74, 6) is 1.00. The molecule has 110 valence electrons. The van der Waals surface area contributed by atoms with E-state index in [9.17, 15) is 4.79 Å². The first-order chi connectivity index (χ1) is 8.92. The molecule has 2 saturated heterocycles. The number of piperidine rings is 1. The summed E-state index contributed by atoms with van der Waals surface area (Å²) >= 11 is 0. The molecule has 2 aliphatic heterocycles. The summed E-state index contributed by atoms with van der Waals surface area (Å²) in [4.78, 5) is 14.1. The fraction of sp³-hybridized carbons (Fsp3) is 0.929. The van der Waals surface area contributed by atoms with E-state index in [1.54, 1.807) is 0 Å². The van der Waals surface area contributed by atoms with Crippen molar-refractivity contribution in [1.82, 2.24) is 4.90 Å². The second-order valence-electron chi connectivity index (χ2n) is 6.57. The van der Waals surface area contributed by atoms with Crippen LogP contribution in [0.15, 0.2) is 0 Å². The van der Waals surface area contributed by atoms with E-state index in [1.165, 1.54) is 0 Å². The van der Waals surface area contributed by atoms with Crippen LogP contribution in [0.2, 0.25) is 0 Å². The van der Waals surface area contributed by atoms with Gasteiger partial charge in [0.15, 0.2) is 0 Å². The van der Waals surface area contributed by atoms with Crippen LogP contribution in [0.4, 0.5) is 4.79 Å². The Bertz CT molecular complexity index is 327. The van der Waals surface area contributed by atoms with Crippen molar-refractivity contribution in [2.24, 2.45) is 17.6 Å². The first-order valence-corrected chi connectivity index (χ1v) is 7.20. The number of ether oxygens (including phenoxy) is 2. The van der Waals surface area contributed by atoms with Gasteiger partial charge in [0.1, 0.15) is 5.60 Å². The molecule has 0 bridgehead atoms. The Morgan fingerprint density at radius 2 is 2.16 bits per heavy atom. The highest BCUT2D eigenvalue weighted by Crippen LogP contribution is 2.36. The van der Waals surface area contributed by atoms with Gasteiger partial charge in [0, 0.05) is 12.5 Å². The Labute approximate surface area is 115 Å². The highest BCUT2D eigenvalue weighted by molar-refractivity contribution is 5.68. The lowest BCUT2D eigenvalue weighted by Gasteiger charge is -2.41. The first-order valence-electron chi connectivity index (χ1n) is 7.20. The van der Waals surface area contributed by atoms with Crippen LogP contribution in [0.1, 0.15) is 33.6 Å². The second kappa shape index (κ2) is 5.67. The molecule has 0 saturated carbocycles. The third-order valence-corrected chi connectivity index (χ3v) is 4.01. The first kappa shape index (κ1) is 14.6. The van der Waals surface area contributed by atoms with E-state index < -0.39 is 5.60 Å². The largest absolute Gasteiger partial charge is 0.444 e. The predicted octanol–water partition coefficient (Wildman–Crippen LogP) is 1.61. The van der Waals surface area contributed by atoms with Crippen molar-refractivity contribution in [2.75, 3.05) is 26.3 Å². The number of carbonyl (C=O) groups excluding carboxylic acids is 1. The molecule has 3 atom stereocenters. The quantitative estimate of drug-likeness (QED) is 0.828. The molecule has 0 aromatic rings. The van der Waals surface area contributed by atoms with Gasteiger partial charge >= 0.3 is 6.09 Å². The Morgan fingerprint density at radius 1 is 1.42 bits per heavy atom. The van der Waals surface area contributed by atoms with Crippen LogP contribution in [-0.2, 0) is 9.47 Å². The minimum Gasteiger partial charge on any atom is -0.444 e. The molecule has 2 aliphatic rings. The fourth-order valence-electron chi connectivity index (χ4n) is 3.14. The van der Waals surface area contributed by atoms with Crippen LogP contribution in [0.5, 0.6) is 0 Å². The van der Waals surface area contributed by atoms with Gasteiger partial charge in [0.25, 0.3) is 0 Å². The molecule has 1 amide bonds. The number of rotatable bonds is 2. The van der Waals surface area contributed by atoms with Gasteiger partial charge in [0.05, 0.1) is 19.3 Å². The number of hydrogen-bond donors (Lipinski definition) is 1. The van der Waals surface area contributed by atoms with E-state index >= 15 is 0 Å². The van der Waals surface area contributed by atoms with E-state index in [1.807, 2.05) is 25.7 Å². The lowest BCUT2D eigenvalue weighted by Crippen LogP contribution is -2.52. The maximum Gasteiger partial charge on any atom is 0.410 e. The molecule has 2 fully saturated rings. The van der Waals surface area contributed by atoms with Crippen molar-refractivity contribution in [3.05, 3.63) is 0 Å². The third-order valence-electron chi connectivity index (χ3n) is 4.01. The molecule has 3 unspecified atom stereocenters. The van der Waals surface area contributed by atoms with Crippen molar-refractivity contribution in [3.8, 4) is 0 Å². The molecule has 0 spiro atoms. The molecule has 5 heteroatoms. The van der Waals surface area contributed by atoms with Crippen molar-refractivity contribution in [3.63, 3.8) is 0 Å². The van der Waals surface area contributed by atoms with Crippen LogP contribution < -0.4 is 5.73 Å². The van der Waals surface area contributed by atoms with Gasteiger partial charge in [0.2, 0.25) is 0 Å². The van der Waals surface area contributed by atoms with Gasteiger partial charge in [-0.15, -0.1) is 0 Å². The molecule has 2 heterocycles. The molecule has 2 N–H and O–H groups in total. The summed E-state index contributed by atoms with van der Waals surface area (Å²) in [5, 5.41) is 0. The van der Waals surface area contributed by atoms with Crippen molar-refractivity contribution in [1.29, 1.82) is 0 Å². The fourth-order valence-corrected chi connectivity index (χ4v) is 3.14. The smallest absolute Gasteiger partial charge is 0.410 e. The SMILES string of the molecule is CC(C)(C)OC(=O)N1CCC(CCN)C2COCC21. The molecule has 0 aromatic heterocycles. The summed E-state index contributed by atoms with van der Waals surface area (Å²) in [6, 6.07) is 0.167. The molecule has 0 aliphatic carbocycles. The molecule has 0 aromatic carbocycles. The van der Waals surface area contributed by atoms with Crippen molar-refractivity contribution < 1.29 is 14.3 Å². The number of likely N-dealkylation sites (tertiary alicyclic amines) is 1. The Kier molecular flexibility index (Phi) is 4.36. The monoisotopic (exact) mass is 270 g/mol. The van der Waals surface area contributed by atoms with E-state index in [-0.39, 0.29) is 12.1 Å². The van der Waals surface area contributed by atoms with Gasteiger partial charge in [-0.3, -0.25) is 0 Å². The maximum atomic E-state index is 12.2. The average molecular weight is 270 g/mol. The van der Waals surface area contributed by atoms with Crippen LogP contribution in [0.25, 0.3) is 0 Å². The topological polar surface area (TPSA) is 64.8 Å². The lowest BCUT2D eigenvalue weighted by molar-refractivity contribution is -0.00270. The average Bonchev–Trinajstić information content (AvgIpc) is 2.76. The number of nitrogens with two attached hydrogens (primary N) is 1. The Hall–Kier alpha value is -0.810. The Balaban J connectivity index is 2.02. The van der Waals surface area contributed by atoms with Crippen molar-refractivity contribution >= 4 is 6.09 Å². The minimum absolute atomic E-state index is 0.167. The molecular weight excluding hydrogens is 244 g/mol. The van der Waals surface area contributed by atoms with E-state index in [0.717, 1.165) is 26.0 Å². The summed E-state index contributed by atoms with van der Waals surface area (Å²) in [6.07, 6.45) is 1.81. The zero-order chi connectivity index (χ0) is 14.0. The van der Waals surface area contributed by atoms with Crippen LogP contribution >= 0.6 is 0 Å². The third kappa shape index (κ3) is 3.39. The van der Waals surface area contributed by atoms with Gasteiger partial charge < -0.3 is 20.1 Å². The van der Waals surface area contributed by atoms with E-state index in [0.29, 0.717) is 25.0 Å². The van der Waals surface area contributed by atoms with Gasteiger partial charge in [-0.05, 0) is 46.1 Å². The van der Waals surface area contributed by atoms with Crippen molar-refractivity contribution in [2.45, 2.75) is 45.3 Å². The number of fused-ring (bicyclic) bond motifs is 1. The highest BCUT2D eigenvalue weighted by atomic mass is 16.6. The van der Waals surface area contributed by atoms with Crippen LogP contribution in [0.3, 0.4) is 0 Å².